The predicted octanol–water partition coefficient (Wildman–Crippen LogP) is 3.31. The molecule has 4 rings (SSSR count). The zero-order valence-electron chi connectivity index (χ0n) is 19.8. The van der Waals surface area contributed by atoms with Crippen molar-refractivity contribution < 1.29 is 32.6 Å². The highest BCUT2D eigenvalue weighted by Gasteiger charge is 2.37. The summed E-state index contributed by atoms with van der Waals surface area (Å²) in [5.41, 5.74) is 0.682. The molecule has 1 aromatic carbocycles. The van der Waals surface area contributed by atoms with E-state index < -0.39 is 36.2 Å². The number of likely N-dealkylation sites (tertiary alicyclic amines) is 1. The first-order valence-corrected chi connectivity index (χ1v) is 11.5. The maximum absolute atomic E-state index is 14.1. The number of amides is 2. The van der Waals surface area contributed by atoms with Gasteiger partial charge in [-0.15, -0.1) is 0 Å². The number of aryl methyl sites for hydroxylation is 1. The van der Waals surface area contributed by atoms with E-state index >= 15 is 0 Å². The molecule has 2 aromatic heterocycles. The van der Waals surface area contributed by atoms with Crippen molar-refractivity contribution in [2.45, 2.75) is 38.9 Å². The maximum Gasteiger partial charge on any atom is 0.416 e. The molecule has 12 heteroatoms. The van der Waals surface area contributed by atoms with Gasteiger partial charge in [0.25, 0.3) is 5.91 Å². The Morgan fingerprint density at radius 2 is 2.00 bits per heavy atom. The number of carbonyl (C=O) groups is 2. The fourth-order valence-electron chi connectivity index (χ4n) is 4.55. The number of aliphatic hydroxyl groups excluding tert-OH is 1. The molecule has 3 aromatic rings. The highest BCUT2D eigenvalue weighted by atomic mass is 19.4. The average molecular weight is 505 g/mol. The van der Waals surface area contributed by atoms with E-state index in [-0.39, 0.29) is 36.7 Å². The average Bonchev–Trinajstić information content (AvgIpc) is 3.20. The minimum absolute atomic E-state index is 0.00795. The molecule has 0 saturated carbocycles. The molecule has 1 saturated heterocycles. The van der Waals surface area contributed by atoms with E-state index in [0.717, 1.165) is 12.1 Å². The number of H-pyrrole nitrogens is 1. The molecule has 0 aliphatic carbocycles. The second kappa shape index (κ2) is 10.1. The summed E-state index contributed by atoms with van der Waals surface area (Å²) in [4.78, 5) is 40.1. The number of nitrogens with one attached hydrogen (secondary N) is 1. The Kier molecular flexibility index (Phi) is 7.16. The fourth-order valence-corrected chi connectivity index (χ4v) is 4.55. The van der Waals surface area contributed by atoms with Gasteiger partial charge in [0.15, 0.2) is 0 Å². The summed E-state index contributed by atoms with van der Waals surface area (Å²) >= 11 is 0. The van der Waals surface area contributed by atoms with Crippen LogP contribution < -0.4 is 9.64 Å². The summed E-state index contributed by atoms with van der Waals surface area (Å²) in [7, 11) is 0. The molecule has 3 heterocycles. The molecular weight excluding hydrogens is 479 g/mol. The number of fused-ring (bicyclic) bond motifs is 1. The highest BCUT2D eigenvalue weighted by Crippen LogP contribution is 2.40. The molecule has 0 spiro atoms. The van der Waals surface area contributed by atoms with Crippen LogP contribution in [0.15, 0.2) is 30.7 Å². The van der Waals surface area contributed by atoms with E-state index in [2.05, 4.69) is 15.0 Å². The van der Waals surface area contributed by atoms with E-state index in [0.29, 0.717) is 29.6 Å². The predicted molar refractivity (Wildman–Crippen MR) is 125 cm³/mol. The number of ether oxygens (including phenoxy) is 1. The van der Waals surface area contributed by atoms with Gasteiger partial charge < -0.3 is 24.6 Å². The first-order valence-electron chi connectivity index (χ1n) is 11.5. The maximum atomic E-state index is 14.1. The van der Waals surface area contributed by atoms with Crippen LogP contribution in [-0.4, -0.2) is 69.1 Å². The Labute approximate surface area is 204 Å². The molecule has 9 nitrogen and oxygen atoms in total. The highest BCUT2D eigenvalue weighted by molar-refractivity contribution is 6.14. The van der Waals surface area contributed by atoms with Gasteiger partial charge in [0.2, 0.25) is 5.91 Å². The molecular formula is C24H26F3N5O4. The molecule has 1 aliphatic rings. The summed E-state index contributed by atoms with van der Waals surface area (Å²) in [5.74, 6) is -0.839. The Bertz CT molecular complexity index is 1270. The second-order valence-electron chi connectivity index (χ2n) is 8.47. The van der Waals surface area contributed by atoms with Crippen LogP contribution in [0.4, 0.5) is 18.9 Å². The van der Waals surface area contributed by atoms with Gasteiger partial charge in [0.05, 0.1) is 35.1 Å². The molecule has 192 valence electrons. The smallest absolute Gasteiger partial charge is 0.416 e. The van der Waals surface area contributed by atoms with Gasteiger partial charge in [0, 0.05) is 24.8 Å². The van der Waals surface area contributed by atoms with Crippen molar-refractivity contribution in [1.82, 2.24) is 19.9 Å². The Morgan fingerprint density at radius 1 is 1.28 bits per heavy atom. The van der Waals surface area contributed by atoms with E-state index in [1.807, 2.05) is 0 Å². The van der Waals surface area contributed by atoms with Crippen molar-refractivity contribution in [2.24, 2.45) is 0 Å². The Hall–Kier alpha value is -3.67. The molecule has 2 N–H and O–H groups in total. The molecule has 0 unspecified atom stereocenters. The SMILES string of the molecule is CCOc1ccc(C(F)(F)F)cc1N(C(=O)c1c(C)[nH]c2cncnc12)C1CCN(C(=O)CO)CC1. The third-order valence-electron chi connectivity index (χ3n) is 6.24. The third-order valence-corrected chi connectivity index (χ3v) is 6.24. The lowest BCUT2D eigenvalue weighted by molar-refractivity contribution is -0.137. The van der Waals surface area contributed by atoms with Crippen LogP contribution >= 0.6 is 0 Å². The van der Waals surface area contributed by atoms with Crippen LogP contribution in [0.1, 0.15) is 41.4 Å². The third kappa shape index (κ3) is 4.85. The van der Waals surface area contributed by atoms with Crippen molar-refractivity contribution in [2.75, 3.05) is 31.2 Å². The summed E-state index contributed by atoms with van der Waals surface area (Å²) < 4.78 is 46.7. The van der Waals surface area contributed by atoms with Crippen molar-refractivity contribution in [3.8, 4) is 5.75 Å². The van der Waals surface area contributed by atoms with Crippen molar-refractivity contribution in [1.29, 1.82) is 0 Å². The number of aromatic nitrogens is 3. The number of nitrogens with zero attached hydrogens (tertiary/aromatic N) is 4. The molecule has 1 aliphatic heterocycles. The van der Waals surface area contributed by atoms with Gasteiger partial charge in [-0.3, -0.25) is 9.59 Å². The molecule has 2 amide bonds. The zero-order valence-corrected chi connectivity index (χ0v) is 19.8. The van der Waals surface area contributed by atoms with Crippen LogP contribution in [0, 0.1) is 6.92 Å². The number of halogens is 3. The van der Waals surface area contributed by atoms with Crippen molar-refractivity contribution >= 4 is 28.5 Å². The van der Waals surface area contributed by atoms with Gasteiger partial charge in [-0.1, -0.05) is 0 Å². The minimum Gasteiger partial charge on any atom is -0.492 e. The number of hydrogen-bond acceptors (Lipinski definition) is 6. The summed E-state index contributed by atoms with van der Waals surface area (Å²) in [6, 6.07) is 2.53. The van der Waals surface area contributed by atoms with Crippen molar-refractivity contribution in [3.05, 3.63) is 47.5 Å². The quantitative estimate of drug-likeness (QED) is 0.532. The van der Waals surface area contributed by atoms with E-state index in [1.54, 1.807) is 13.8 Å². The summed E-state index contributed by atoms with van der Waals surface area (Å²) in [6.45, 7) is 3.42. The topological polar surface area (TPSA) is 112 Å². The van der Waals surface area contributed by atoms with Crippen molar-refractivity contribution in [3.63, 3.8) is 0 Å². The molecule has 0 atom stereocenters. The normalized spacial score (nSPS) is 14.8. The standard InChI is InChI=1S/C24H26F3N5O4/c1-3-36-19-5-4-15(24(25,26)27)10-18(19)32(16-6-8-31(9-7-16)20(34)12-33)23(35)21-14(2)30-17-11-28-13-29-22(17)21/h4-5,10-11,13,16,30,33H,3,6-9,12H2,1-2H3. The van der Waals surface area contributed by atoms with E-state index in [4.69, 9.17) is 4.74 Å². The monoisotopic (exact) mass is 505 g/mol. The van der Waals surface area contributed by atoms with Gasteiger partial charge in [-0.05, 0) is 44.9 Å². The van der Waals surface area contributed by atoms with Gasteiger partial charge in [-0.25, -0.2) is 9.97 Å². The second-order valence-corrected chi connectivity index (χ2v) is 8.47. The van der Waals surface area contributed by atoms with E-state index in [9.17, 15) is 27.9 Å². The molecule has 1 fully saturated rings. The lowest BCUT2D eigenvalue weighted by atomic mass is 9.99. The molecule has 0 bridgehead atoms. The molecule has 36 heavy (non-hydrogen) atoms. The lowest BCUT2D eigenvalue weighted by Crippen LogP contribution is -2.49. The van der Waals surface area contributed by atoms with Crippen LogP contribution in [0.5, 0.6) is 5.75 Å². The van der Waals surface area contributed by atoms with Gasteiger partial charge in [-0.2, -0.15) is 13.2 Å². The largest absolute Gasteiger partial charge is 0.492 e. The van der Waals surface area contributed by atoms with Crippen LogP contribution in [0.2, 0.25) is 0 Å². The number of benzene rings is 1. The van der Waals surface area contributed by atoms with Gasteiger partial charge >= 0.3 is 6.18 Å². The number of carbonyl (C=O) groups excluding carboxylic acids is 2. The lowest BCUT2D eigenvalue weighted by Gasteiger charge is -2.39. The van der Waals surface area contributed by atoms with Gasteiger partial charge in [0.1, 0.15) is 24.2 Å². The number of rotatable bonds is 6. The first kappa shape index (κ1) is 25.4. The number of aliphatic hydroxyl groups is 1. The Balaban J connectivity index is 1.84. The number of alkyl halides is 3. The Morgan fingerprint density at radius 3 is 2.64 bits per heavy atom. The minimum atomic E-state index is -4.63. The first-order chi connectivity index (χ1) is 17.2. The van der Waals surface area contributed by atoms with Crippen LogP contribution in [0.25, 0.3) is 11.0 Å². The summed E-state index contributed by atoms with van der Waals surface area (Å²) in [5, 5.41) is 9.19. The zero-order chi connectivity index (χ0) is 26.0. The number of anilines is 1. The fraction of sp³-hybridized carbons (Fsp3) is 0.417. The summed E-state index contributed by atoms with van der Waals surface area (Å²) in [6.07, 6.45) is -1.21. The number of aromatic amines is 1. The molecule has 0 radical (unpaired) electrons. The number of piperidine rings is 1. The van der Waals surface area contributed by atoms with E-state index in [1.165, 1.54) is 28.4 Å². The number of hydrogen-bond donors (Lipinski definition) is 2. The van der Waals surface area contributed by atoms with Crippen LogP contribution in [0.3, 0.4) is 0 Å². The van der Waals surface area contributed by atoms with Crippen LogP contribution in [-0.2, 0) is 11.0 Å².